The first-order valence-electron chi connectivity index (χ1n) is 6.39. The molecule has 108 valence electrons. The molecular formula is C13H22N2O4. The third-order valence-electron chi connectivity index (χ3n) is 2.91. The van der Waals surface area contributed by atoms with Crippen LogP contribution in [0.5, 0.6) is 0 Å². The summed E-state index contributed by atoms with van der Waals surface area (Å²) in [6.45, 7) is 8.74. The van der Waals surface area contributed by atoms with Gasteiger partial charge in [0.15, 0.2) is 5.78 Å². The van der Waals surface area contributed by atoms with Gasteiger partial charge in [0.2, 0.25) is 5.91 Å². The standard InChI is InChI=1S/C13H22N2O4/c1-7(2)10(14)11(17)8-6-9(16)15(8)12(18)19-13(3,4)5/h7-8,10H,6,14H2,1-5H3. The summed E-state index contributed by atoms with van der Waals surface area (Å²) in [5.41, 5.74) is 5.06. The monoisotopic (exact) mass is 270 g/mol. The molecule has 2 N–H and O–H groups in total. The summed E-state index contributed by atoms with van der Waals surface area (Å²) in [7, 11) is 0. The first-order chi connectivity index (χ1) is 8.54. The number of ether oxygens (including phenoxy) is 1. The van der Waals surface area contributed by atoms with Crippen LogP contribution < -0.4 is 5.73 Å². The van der Waals surface area contributed by atoms with Crippen molar-refractivity contribution in [2.75, 3.05) is 0 Å². The molecular weight excluding hydrogens is 248 g/mol. The summed E-state index contributed by atoms with van der Waals surface area (Å²) < 4.78 is 5.11. The number of rotatable bonds is 3. The summed E-state index contributed by atoms with van der Waals surface area (Å²) in [6, 6.07) is -1.46. The van der Waals surface area contributed by atoms with Gasteiger partial charge in [0.25, 0.3) is 0 Å². The molecule has 0 aliphatic carbocycles. The fraction of sp³-hybridized carbons (Fsp3) is 0.769. The normalized spacial score (nSPS) is 21.1. The molecule has 1 aliphatic heterocycles. The van der Waals surface area contributed by atoms with Gasteiger partial charge in [0.1, 0.15) is 11.6 Å². The number of hydrogen-bond acceptors (Lipinski definition) is 5. The quantitative estimate of drug-likeness (QED) is 0.775. The number of carbonyl (C=O) groups excluding carboxylic acids is 3. The van der Waals surface area contributed by atoms with Crippen LogP contribution in [0.3, 0.4) is 0 Å². The Labute approximate surface area is 113 Å². The molecule has 1 aliphatic rings. The van der Waals surface area contributed by atoms with Crippen LogP contribution in [0, 0.1) is 5.92 Å². The van der Waals surface area contributed by atoms with Crippen LogP contribution in [0.2, 0.25) is 0 Å². The average molecular weight is 270 g/mol. The van der Waals surface area contributed by atoms with Gasteiger partial charge < -0.3 is 10.5 Å². The Bertz CT molecular complexity index is 398. The minimum absolute atomic E-state index is 0.0263. The number of hydrogen-bond donors (Lipinski definition) is 1. The number of amides is 2. The van der Waals surface area contributed by atoms with Crippen LogP contribution >= 0.6 is 0 Å². The number of nitrogens with two attached hydrogens (primary N) is 1. The van der Waals surface area contributed by atoms with E-state index in [9.17, 15) is 14.4 Å². The van der Waals surface area contributed by atoms with Gasteiger partial charge in [0, 0.05) is 0 Å². The molecule has 19 heavy (non-hydrogen) atoms. The van der Waals surface area contributed by atoms with Gasteiger partial charge in [-0.3, -0.25) is 9.59 Å². The molecule has 1 rings (SSSR count). The number of β-lactam (4-membered cyclic amide) rings is 1. The van der Waals surface area contributed by atoms with E-state index in [0.29, 0.717) is 0 Å². The highest BCUT2D eigenvalue weighted by molar-refractivity contribution is 6.08. The van der Waals surface area contributed by atoms with Crippen LogP contribution in [-0.4, -0.2) is 40.4 Å². The van der Waals surface area contributed by atoms with Gasteiger partial charge in [-0.2, -0.15) is 0 Å². The zero-order chi connectivity index (χ0) is 15.0. The van der Waals surface area contributed by atoms with E-state index in [2.05, 4.69) is 0 Å². The van der Waals surface area contributed by atoms with Crippen LogP contribution in [0.25, 0.3) is 0 Å². The van der Waals surface area contributed by atoms with E-state index in [1.54, 1.807) is 20.8 Å². The van der Waals surface area contributed by atoms with E-state index >= 15 is 0 Å². The van der Waals surface area contributed by atoms with Crippen LogP contribution in [-0.2, 0) is 14.3 Å². The third kappa shape index (κ3) is 3.53. The highest BCUT2D eigenvalue weighted by Crippen LogP contribution is 2.25. The molecule has 1 saturated heterocycles. The molecule has 2 unspecified atom stereocenters. The average Bonchev–Trinajstić information content (AvgIpc) is 2.20. The number of ketones is 1. The topological polar surface area (TPSA) is 89.7 Å². The molecule has 1 fully saturated rings. The minimum atomic E-state index is -0.780. The lowest BCUT2D eigenvalue weighted by atomic mass is 9.89. The van der Waals surface area contributed by atoms with E-state index < -0.39 is 29.7 Å². The number of carbonyl (C=O) groups is 3. The first-order valence-corrected chi connectivity index (χ1v) is 6.39. The maximum absolute atomic E-state index is 12.1. The van der Waals surface area contributed by atoms with E-state index in [0.717, 1.165) is 4.90 Å². The lowest BCUT2D eigenvalue weighted by molar-refractivity contribution is -0.151. The molecule has 0 saturated carbocycles. The predicted molar refractivity (Wildman–Crippen MR) is 69.3 cm³/mol. The van der Waals surface area contributed by atoms with Crippen molar-refractivity contribution in [1.29, 1.82) is 0 Å². The highest BCUT2D eigenvalue weighted by Gasteiger charge is 2.48. The largest absolute Gasteiger partial charge is 0.443 e. The zero-order valence-corrected chi connectivity index (χ0v) is 12.1. The second-order valence-corrected chi connectivity index (χ2v) is 6.14. The van der Waals surface area contributed by atoms with Crippen molar-refractivity contribution in [1.82, 2.24) is 4.90 Å². The Morgan fingerprint density at radius 2 is 1.89 bits per heavy atom. The van der Waals surface area contributed by atoms with Crippen LogP contribution in [0.4, 0.5) is 4.79 Å². The van der Waals surface area contributed by atoms with Crippen LogP contribution in [0.15, 0.2) is 0 Å². The lowest BCUT2D eigenvalue weighted by Crippen LogP contribution is -2.63. The SMILES string of the molecule is CC(C)C(N)C(=O)C1CC(=O)N1C(=O)OC(C)(C)C. The Morgan fingerprint density at radius 1 is 1.37 bits per heavy atom. The number of likely N-dealkylation sites (tertiary alicyclic amines) is 1. The van der Waals surface area contributed by atoms with E-state index in [4.69, 9.17) is 10.5 Å². The number of Topliss-reactive ketones (excluding diaryl/α,β-unsaturated/α-hetero) is 1. The fourth-order valence-corrected chi connectivity index (χ4v) is 1.74. The summed E-state index contributed by atoms with van der Waals surface area (Å²) in [4.78, 5) is 36.3. The smallest absolute Gasteiger partial charge is 0.417 e. The van der Waals surface area contributed by atoms with Crippen molar-refractivity contribution in [3.8, 4) is 0 Å². The van der Waals surface area contributed by atoms with Gasteiger partial charge in [-0.25, -0.2) is 9.69 Å². The Kier molecular flexibility index (Phi) is 4.35. The minimum Gasteiger partial charge on any atom is -0.443 e. The van der Waals surface area contributed by atoms with Crippen molar-refractivity contribution in [2.45, 2.75) is 58.7 Å². The Balaban J connectivity index is 2.75. The van der Waals surface area contributed by atoms with Gasteiger partial charge in [0.05, 0.1) is 12.5 Å². The summed E-state index contributed by atoms with van der Waals surface area (Å²) in [5.74, 6) is -0.729. The van der Waals surface area contributed by atoms with Crippen molar-refractivity contribution >= 4 is 17.8 Å². The summed E-state index contributed by atoms with van der Waals surface area (Å²) in [5, 5.41) is 0. The first kappa shape index (κ1) is 15.6. The molecule has 0 aromatic heterocycles. The summed E-state index contributed by atoms with van der Waals surface area (Å²) >= 11 is 0. The molecule has 2 atom stereocenters. The number of nitrogens with zero attached hydrogens (tertiary/aromatic N) is 1. The molecule has 0 bridgehead atoms. The molecule has 0 radical (unpaired) electrons. The molecule has 6 heteroatoms. The highest BCUT2D eigenvalue weighted by atomic mass is 16.6. The van der Waals surface area contributed by atoms with Crippen molar-refractivity contribution in [2.24, 2.45) is 11.7 Å². The molecule has 6 nitrogen and oxygen atoms in total. The van der Waals surface area contributed by atoms with E-state index in [-0.39, 0.29) is 18.1 Å². The van der Waals surface area contributed by atoms with Gasteiger partial charge in [-0.05, 0) is 26.7 Å². The second-order valence-electron chi connectivity index (χ2n) is 6.14. The lowest BCUT2D eigenvalue weighted by Gasteiger charge is -2.39. The Morgan fingerprint density at radius 3 is 2.26 bits per heavy atom. The van der Waals surface area contributed by atoms with Crippen LogP contribution in [0.1, 0.15) is 41.0 Å². The van der Waals surface area contributed by atoms with Gasteiger partial charge in [-0.15, -0.1) is 0 Å². The molecule has 0 spiro atoms. The molecule has 0 aromatic rings. The maximum atomic E-state index is 12.1. The van der Waals surface area contributed by atoms with Gasteiger partial charge >= 0.3 is 6.09 Å². The third-order valence-corrected chi connectivity index (χ3v) is 2.91. The predicted octanol–water partition coefficient (Wildman–Crippen LogP) is 1.07. The number of imide groups is 1. The molecule has 2 amide bonds. The molecule has 0 aromatic carbocycles. The maximum Gasteiger partial charge on any atom is 0.417 e. The Hall–Kier alpha value is -1.43. The fourth-order valence-electron chi connectivity index (χ4n) is 1.74. The van der Waals surface area contributed by atoms with E-state index in [1.165, 1.54) is 0 Å². The van der Waals surface area contributed by atoms with Gasteiger partial charge in [-0.1, -0.05) is 13.8 Å². The summed E-state index contributed by atoms with van der Waals surface area (Å²) in [6.07, 6.45) is -0.753. The second kappa shape index (κ2) is 5.28. The molecule has 1 heterocycles. The van der Waals surface area contributed by atoms with Crippen molar-refractivity contribution < 1.29 is 19.1 Å². The van der Waals surface area contributed by atoms with Crippen molar-refractivity contribution in [3.05, 3.63) is 0 Å². The zero-order valence-electron chi connectivity index (χ0n) is 12.1. The van der Waals surface area contributed by atoms with E-state index in [1.807, 2.05) is 13.8 Å². The van der Waals surface area contributed by atoms with Crippen molar-refractivity contribution in [3.63, 3.8) is 0 Å².